The van der Waals surface area contributed by atoms with E-state index >= 15 is 0 Å². The molecule has 52 heavy (non-hydrogen) atoms. The van der Waals surface area contributed by atoms with E-state index in [0.29, 0.717) is 42.1 Å². The van der Waals surface area contributed by atoms with Gasteiger partial charge in [-0.15, -0.1) is 0 Å². The molecule has 1 N–H and O–H groups in total. The monoisotopic (exact) mass is 755 g/mol. The Morgan fingerprint density at radius 1 is 1.04 bits per heavy atom. The number of hydrogen-bond donors (Lipinski definition) is 1. The normalized spacial score (nSPS) is 30.1. The van der Waals surface area contributed by atoms with Crippen LogP contribution in [0.15, 0.2) is 42.5 Å². The lowest BCUT2D eigenvalue weighted by molar-refractivity contribution is -0.0974. The van der Waals surface area contributed by atoms with E-state index in [2.05, 4.69) is 52.3 Å². The summed E-state index contributed by atoms with van der Waals surface area (Å²) >= 11 is 6.39. The van der Waals surface area contributed by atoms with E-state index in [0.717, 1.165) is 76.9 Å². The number of piperazine rings is 1. The zero-order valence-electron chi connectivity index (χ0n) is 31.9. The van der Waals surface area contributed by atoms with Crippen LogP contribution in [0.1, 0.15) is 88.3 Å². The van der Waals surface area contributed by atoms with Crippen LogP contribution in [-0.2, 0) is 27.8 Å². The van der Waals surface area contributed by atoms with Crippen LogP contribution in [0.5, 0.6) is 5.75 Å². The Kier molecular flexibility index (Phi) is 12.0. The summed E-state index contributed by atoms with van der Waals surface area (Å²) in [4.78, 5) is 25.8. The number of fused-ring (bicyclic) bond motifs is 3. The second-order valence-corrected chi connectivity index (χ2v) is 18.9. The molecule has 3 aliphatic heterocycles. The van der Waals surface area contributed by atoms with Crippen molar-refractivity contribution in [3.05, 3.63) is 64.3 Å². The molecule has 1 aromatic carbocycles. The number of sulfonamides is 1. The maximum atomic E-state index is 13.6. The summed E-state index contributed by atoms with van der Waals surface area (Å²) in [5.74, 6) is 0.732. The Morgan fingerprint density at radius 2 is 1.81 bits per heavy atom. The van der Waals surface area contributed by atoms with Gasteiger partial charge in [0.2, 0.25) is 10.0 Å². The zero-order valence-corrected chi connectivity index (χ0v) is 33.4. The fraction of sp³-hybridized carbons (Fsp3) is 0.650. The van der Waals surface area contributed by atoms with Crippen molar-refractivity contribution in [1.29, 1.82) is 0 Å². The van der Waals surface area contributed by atoms with Crippen LogP contribution in [0, 0.1) is 17.8 Å². The van der Waals surface area contributed by atoms with Gasteiger partial charge in [0.25, 0.3) is 5.91 Å². The second-order valence-electron chi connectivity index (χ2n) is 16.5. The van der Waals surface area contributed by atoms with Gasteiger partial charge in [0, 0.05) is 63.5 Å². The first-order valence-electron chi connectivity index (χ1n) is 19.1. The molecule has 0 radical (unpaired) electrons. The number of ether oxygens (including phenoxy) is 2. The van der Waals surface area contributed by atoms with E-state index in [9.17, 15) is 13.2 Å². The summed E-state index contributed by atoms with van der Waals surface area (Å²) < 4.78 is 42.6. The summed E-state index contributed by atoms with van der Waals surface area (Å²) in [6.07, 6.45) is 9.74. The van der Waals surface area contributed by atoms with Crippen molar-refractivity contribution in [2.45, 2.75) is 96.1 Å². The van der Waals surface area contributed by atoms with Crippen molar-refractivity contribution in [3.8, 4) is 5.75 Å². The quantitative estimate of drug-likeness (QED) is 0.360. The van der Waals surface area contributed by atoms with Gasteiger partial charge in [0.1, 0.15) is 17.9 Å². The minimum absolute atomic E-state index is 0.0515. The summed E-state index contributed by atoms with van der Waals surface area (Å²) in [5, 5.41) is -0.0972. The molecule has 10 nitrogen and oxygen atoms in total. The highest BCUT2D eigenvalue weighted by Crippen LogP contribution is 2.46. The maximum absolute atomic E-state index is 13.6. The standard InChI is InChI=1S/C40H58ClN5O5S/c1-28-10-9-18-40(50-6,27-44-20-22-46(23-21-44)39(3,4)5)34-15-13-31(34)25-45-19-8-7-11-30-24-33(41)14-12-32(30)26-51-36-17-16-35(42-37(36)45)38(47)43-52(48,49)29(28)2/h9,12,14,16-18,24,28-29,31,34H,7-8,10-11,13,15,19-23,25-27H2,1-6H3,(H,43,47)/b18-9+/t28-,29+,31-,34+,40+/m0/s1. The van der Waals surface area contributed by atoms with Crippen LogP contribution in [0.4, 0.5) is 5.82 Å². The number of rotatable bonds is 3. The number of halogens is 1. The van der Waals surface area contributed by atoms with E-state index in [-0.39, 0.29) is 23.1 Å². The van der Waals surface area contributed by atoms with Crippen LogP contribution in [0.25, 0.3) is 0 Å². The van der Waals surface area contributed by atoms with E-state index in [1.165, 1.54) is 5.56 Å². The summed E-state index contributed by atoms with van der Waals surface area (Å²) in [6.45, 7) is 16.9. The molecule has 0 unspecified atom stereocenters. The molecule has 12 heteroatoms. The molecular formula is C40H58ClN5O5S. The fourth-order valence-electron chi connectivity index (χ4n) is 8.40. The lowest BCUT2D eigenvalue weighted by Gasteiger charge is -2.52. The SMILES string of the molecule is CO[C@@]1(CN2CCN(C(C)(C)C)CC2)/C=C/C[C@H](C)[C@@H](C)S(=O)(=O)NC(=O)c2ccc3c(n2)N(CCCCc2cc(Cl)ccc2CO3)C[C@@H]2CC[C@H]21. The molecule has 1 saturated heterocycles. The molecule has 2 fully saturated rings. The third kappa shape index (κ3) is 8.65. The lowest BCUT2D eigenvalue weighted by atomic mass is 9.63. The van der Waals surface area contributed by atoms with Gasteiger partial charge < -0.3 is 14.4 Å². The minimum Gasteiger partial charge on any atom is -0.485 e. The van der Waals surface area contributed by atoms with Gasteiger partial charge in [-0.2, -0.15) is 0 Å². The van der Waals surface area contributed by atoms with Gasteiger partial charge in [-0.25, -0.2) is 18.1 Å². The highest BCUT2D eigenvalue weighted by molar-refractivity contribution is 7.90. The van der Waals surface area contributed by atoms with Gasteiger partial charge in [0.15, 0.2) is 11.6 Å². The first kappa shape index (κ1) is 39.0. The van der Waals surface area contributed by atoms with Crippen LogP contribution in [0.3, 0.4) is 0 Å². The highest BCUT2D eigenvalue weighted by atomic mass is 35.5. The third-order valence-electron chi connectivity index (χ3n) is 12.2. The number of hydrogen-bond acceptors (Lipinski definition) is 9. The Labute approximate surface area is 316 Å². The number of aryl methyl sites for hydroxylation is 1. The molecule has 2 aromatic rings. The second kappa shape index (κ2) is 16.0. The van der Waals surface area contributed by atoms with Crippen molar-refractivity contribution in [3.63, 3.8) is 0 Å². The van der Waals surface area contributed by atoms with Crippen molar-refractivity contribution in [2.75, 3.05) is 57.8 Å². The van der Waals surface area contributed by atoms with Gasteiger partial charge in [-0.1, -0.05) is 36.7 Å². The molecule has 0 spiro atoms. The Hall–Kier alpha value is -2.70. The molecule has 4 aliphatic rings. The Balaban J connectivity index is 1.37. The predicted octanol–water partition coefficient (Wildman–Crippen LogP) is 6.33. The van der Waals surface area contributed by atoms with Crippen molar-refractivity contribution >= 4 is 33.3 Å². The molecule has 5 atom stereocenters. The largest absolute Gasteiger partial charge is 0.485 e. The number of aromatic nitrogens is 1. The average Bonchev–Trinajstić information content (AvgIpc) is 3.12. The summed E-state index contributed by atoms with van der Waals surface area (Å²) in [7, 11) is -2.15. The van der Waals surface area contributed by atoms with Crippen LogP contribution < -0.4 is 14.4 Å². The average molecular weight is 756 g/mol. The molecule has 1 amide bonds. The topological polar surface area (TPSA) is 104 Å². The summed E-state index contributed by atoms with van der Waals surface area (Å²) in [6, 6.07) is 9.25. The fourth-order valence-corrected chi connectivity index (χ4v) is 9.86. The number of allylic oxidation sites excluding steroid dienone is 1. The van der Waals surface area contributed by atoms with Crippen LogP contribution in [0.2, 0.25) is 5.02 Å². The molecule has 6 rings (SSSR count). The number of methoxy groups -OCH3 is 1. The van der Waals surface area contributed by atoms with Crippen molar-refractivity contribution in [2.24, 2.45) is 17.8 Å². The van der Waals surface area contributed by atoms with Crippen molar-refractivity contribution < 1.29 is 22.7 Å². The van der Waals surface area contributed by atoms with Crippen LogP contribution in [-0.4, -0.2) is 98.4 Å². The van der Waals surface area contributed by atoms with E-state index in [1.54, 1.807) is 19.1 Å². The first-order chi connectivity index (χ1) is 24.7. The smallest absolute Gasteiger partial charge is 0.283 e. The molecule has 1 aromatic heterocycles. The number of carbonyl (C=O) groups excluding carboxylic acids is 1. The number of nitrogens with one attached hydrogen (secondary N) is 1. The molecule has 1 saturated carbocycles. The van der Waals surface area contributed by atoms with Gasteiger partial charge in [0.05, 0.1) is 5.25 Å². The highest BCUT2D eigenvalue weighted by Gasteiger charge is 2.48. The van der Waals surface area contributed by atoms with E-state index in [4.69, 9.17) is 26.1 Å². The molecule has 4 heterocycles. The van der Waals surface area contributed by atoms with E-state index < -0.39 is 26.8 Å². The lowest BCUT2D eigenvalue weighted by Crippen LogP contribution is -2.60. The Morgan fingerprint density at radius 3 is 2.50 bits per heavy atom. The minimum atomic E-state index is -3.99. The first-order valence-corrected chi connectivity index (χ1v) is 21.0. The number of carbonyl (C=O) groups is 1. The van der Waals surface area contributed by atoms with Gasteiger partial charge in [-0.3, -0.25) is 14.6 Å². The van der Waals surface area contributed by atoms with Gasteiger partial charge >= 0.3 is 0 Å². The molecule has 2 bridgehead atoms. The van der Waals surface area contributed by atoms with E-state index in [1.807, 2.05) is 32.2 Å². The molecule has 286 valence electrons. The molecule has 1 aliphatic carbocycles. The molecular weight excluding hydrogens is 698 g/mol. The number of nitrogens with zero attached hydrogens (tertiary/aromatic N) is 4. The Bertz CT molecular complexity index is 1720. The number of pyridine rings is 1. The number of amides is 1. The van der Waals surface area contributed by atoms with Crippen molar-refractivity contribution in [1.82, 2.24) is 19.5 Å². The summed E-state index contributed by atoms with van der Waals surface area (Å²) in [5.41, 5.74) is 1.88. The number of anilines is 1. The third-order valence-corrected chi connectivity index (χ3v) is 14.3. The maximum Gasteiger partial charge on any atom is 0.283 e. The predicted molar refractivity (Wildman–Crippen MR) is 208 cm³/mol. The van der Waals surface area contributed by atoms with Crippen LogP contribution >= 0.6 is 11.6 Å². The zero-order chi connectivity index (χ0) is 37.3. The number of benzene rings is 1. The van der Waals surface area contributed by atoms with Gasteiger partial charge in [-0.05, 0) is 119 Å².